The van der Waals surface area contributed by atoms with Crippen LogP contribution in [-0.4, -0.2) is 21.7 Å². The van der Waals surface area contributed by atoms with Gasteiger partial charge in [-0.15, -0.1) is 0 Å². The van der Waals surface area contributed by atoms with E-state index in [1.54, 1.807) is 23.7 Å². The molecule has 0 radical (unpaired) electrons. The Bertz CT molecular complexity index is 674. The smallest absolute Gasteiger partial charge is 0.255 e. The Hall–Kier alpha value is -2.17. The average molecular weight is 273 g/mol. The van der Waals surface area contributed by atoms with Gasteiger partial charge in [-0.1, -0.05) is 6.07 Å². The quantitative estimate of drug-likeness (QED) is 0.934. The van der Waals surface area contributed by atoms with Crippen LogP contribution in [0.15, 0.2) is 24.3 Å². The minimum Gasteiger partial charge on any atom is -0.349 e. The summed E-state index contributed by atoms with van der Waals surface area (Å²) in [7, 11) is 0. The number of hydrogen-bond donors (Lipinski definition) is 1. The fourth-order valence-corrected chi connectivity index (χ4v) is 2.32. The Kier molecular flexibility index (Phi) is 3.04. The Labute approximate surface area is 116 Å². The van der Waals surface area contributed by atoms with Crippen molar-refractivity contribution in [3.8, 4) is 5.69 Å². The van der Waals surface area contributed by atoms with E-state index in [1.807, 2.05) is 6.92 Å². The highest BCUT2D eigenvalue weighted by Crippen LogP contribution is 2.22. The van der Waals surface area contributed by atoms with Gasteiger partial charge < -0.3 is 5.32 Å². The summed E-state index contributed by atoms with van der Waals surface area (Å²) in [5, 5.41) is 7.32. The van der Waals surface area contributed by atoms with E-state index in [0.717, 1.165) is 18.5 Å². The molecule has 0 unspecified atom stereocenters. The molecule has 4 nitrogen and oxygen atoms in total. The molecule has 104 valence electrons. The van der Waals surface area contributed by atoms with E-state index >= 15 is 0 Å². The van der Waals surface area contributed by atoms with Gasteiger partial charge in [-0.2, -0.15) is 5.10 Å². The standard InChI is InChI=1S/C15H16FN3O/c1-9-14(15(20)17-12-6-7-12)10(2)19(18-9)13-5-3-4-11(16)8-13/h3-5,8,12H,6-7H2,1-2H3,(H,17,20). The summed E-state index contributed by atoms with van der Waals surface area (Å²) in [4.78, 5) is 12.2. The van der Waals surface area contributed by atoms with Crippen molar-refractivity contribution >= 4 is 5.91 Å². The maximum Gasteiger partial charge on any atom is 0.255 e. The first kappa shape index (κ1) is 12.8. The van der Waals surface area contributed by atoms with Crippen molar-refractivity contribution in [2.45, 2.75) is 32.7 Å². The SMILES string of the molecule is Cc1nn(-c2cccc(F)c2)c(C)c1C(=O)NC1CC1. The van der Waals surface area contributed by atoms with Gasteiger partial charge in [-0.3, -0.25) is 4.79 Å². The van der Waals surface area contributed by atoms with E-state index in [4.69, 9.17) is 0 Å². The lowest BCUT2D eigenvalue weighted by Gasteiger charge is -2.06. The zero-order chi connectivity index (χ0) is 14.3. The first-order chi connectivity index (χ1) is 9.56. The number of carbonyl (C=O) groups is 1. The van der Waals surface area contributed by atoms with E-state index in [0.29, 0.717) is 23.0 Å². The lowest BCUT2D eigenvalue weighted by molar-refractivity contribution is 0.0950. The van der Waals surface area contributed by atoms with Crippen LogP contribution in [-0.2, 0) is 0 Å². The molecule has 2 aromatic rings. The van der Waals surface area contributed by atoms with Crippen LogP contribution >= 0.6 is 0 Å². The second kappa shape index (κ2) is 4.74. The van der Waals surface area contributed by atoms with Crippen LogP contribution in [0.2, 0.25) is 0 Å². The zero-order valence-electron chi connectivity index (χ0n) is 11.5. The van der Waals surface area contributed by atoms with Gasteiger partial charge in [0.25, 0.3) is 5.91 Å². The van der Waals surface area contributed by atoms with Gasteiger partial charge in [0.1, 0.15) is 5.82 Å². The third-order valence-corrected chi connectivity index (χ3v) is 3.48. The number of aromatic nitrogens is 2. The van der Waals surface area contributed by atoms with E-state index in [1.165, 1.54) is 12.1 Å². The minimum absolute atomic E-state index is 0.0925. The topological polar surface area (TPSA) is 46.9 Å². The Morgan fingerprint density at radius 3 is 2.80 bits per heavy atom. The van der Waals surface area contributed by atoms with Crippen LogP contribution in [0.25, 0.3) is 5.69 Å². The van der Waals surface area contributed by atoms with Crippen molar-refractivity contribution in [2.75, 3.05) is 0 Å². The molecule has 1 aromatic carbocycles. The summed E-state index contributed by atoms with van der Waals surface area (Å²) >= 11 is 0. The fourth-order valence-electron chi connectivity index (χ4n) is 2.32. The number of rotatable bonds is 3. The van der Waals surface area contributed by atoms with Crippen molar-refractivity contribution in [3.63, 3.8) is 0 Å². The summed E-state index contributed by atoms with van der Waals surface area (Å²) in [5.41, 5.74) is 2.59. The van der Waals surface area contributed by atoms with Crippen LogP contribution in [0.4, 0.5) is 4.39 Å². The largest absolute Gasteiger partial charge is 0.349 e. The Morgan fingerprint density at radius 1 is 1.40 bits per heavy atom. The van der Waals surface area contributed by atoms with Gasteiger partial charge in [0.05, 0.1) is 22.6 Å². The van der Waals surface area contributed by atoms with Crippen molar-refractivity contribution in [1.82, 2.24) is 15.1 Å². The Balaban J connectivity index is 1.99. The van der Waals surface area contributed by atoms with Gasteiger partial charge in [-0.25, -0.2) is 9.07 Å². The molecule has 3 rings (SSSR count). The predicted molar refractivity (Wildman–Crippen MR) is 73.5 cm³/mol. The van der Waals surface area contributed by atoms with Gasteiger partial charge >= 0.3 is 0 Å². The highest BCUT2D eigenvalue weighted by molar-refractivity contribution is 5.96. The monoisotopic (exact) mass is 273 g/mol. The predicted octanol–water partition coefficient (Wildman–Crippen LogP) is 2.52. The third-order valence-electron chi connectivity index (χ3n) is 3.48. The average Bonchev–Trinajstić information content (AvgIpc) is 3.14. The van der Waals surface area contributed by atoms with Gasteiger partial charge in [0, 0.05) is 6.04 Å². The summed E-state index contributed by atoms with van der Waals surface area (Å²) in [5.74, 6) is -0.413. The number of hydrogen-bond acceptors (Lipinski definition) is 2. The number of carbonyl (C=O) groups excluding carboxylic acids is 1. The number of nitrogens with one attached hydrogen (secondary N) is 1. The van der Waals surface area contributed by atoms with Crippen LogP contribution in [0.5, 0.6) is 0 Å². The number of halogens is 1. The van der Waals surface area contributed by atoms with Crippen molar-refractivity contribution in [1.29, 1.82) is 0 Å². The molecule has 0 saturated heterocycles. The van der Waals surface area contributed by atoms with Crippen LogP contribution in [0, 0.1) is 19.7 Å². The lowest BCUT2D eigenvalue weighted by Crippen LogP contribution is -2.26. The molecule has 0 atom stereocenters. The molecule has 1 fully saturated rings. The molecule has 1 aliphatic rings. The Morgan fingerprint density at radius 2 is 2.15 bits per heavy atom. The lowest BCUT2D eigenvalue weighted by atomic mass is 10.2. The molecule has 1 heterocycles. The second-order valence-corrected chi connectivity index (χ2v) is 5.19. The van der Waals surface area contributed by atoms with Gasteiger partial charge in [0.2, 0.25) is 0 Å². The van der Waals surface area contributed by atoms with Crippen molar-refractivity contribution < 1.29 is 9.18 Å². The van der Waals surface area contributed by atoms with E-state index in [-0.39, 0.29) is 11.7 Å². The molecule has 1 aromatic heterocycles. The molecule has 0 aliphatic heterocycles. The molecule has 5 heteroatoms. The molecule has 1 N–H and O–H groups in total. The second-order valence-electron chi connectivity index (χ2n) is 5.19. The van der Waals surface area contributed by atoms with Crippen molar-refractivity contribution in [2.24, 2.45) is 0 Å². The molecular formula is C15H16FN3O. The molecule has 1 aliphatic carbocycles. The first-order valence-electron chi connectivity index (χ1n) is 6.69. The van der Waals surface area contributed by atoms with Crippen LogP contribution in [0.3, 0.4) is 0 Å². The zero-order valence-corrected chi connectivity index (χ0v) is 11.5. The van der Waals surface area contributed by atoms with Crippen molar-refractivity contribution in [3.05, 3.63) is 47.0 Å². The summed E-state index contributed by atoms with van der Waals surface area (Å²) < 4.78 is 14.9. The first-order valence-corrected chi connectivity index (χ1v) is 6.69. The summed E-state index contributed by atoms with van der Waals surface area (Å²) in [6, 6.07) is 6.49. The fraction of sp³-hybridized carbons (Fsp3) is 0.333. The maximum atomic E-state index is 13.3. The van der Waals surface area contributed by atoms with Gasteiger partial charge in [-0.05, 0) is 44.9 Å². The maximum absolute atomic E-state index is 13.3. The van der Waals surface area contributed by atoms with Crippen LogP contribution in [0.1, 0.15) is 34.6 Å². The highest BCUT2D eigenvalue weighted by atomic mass is 19.1. The van der Waals surface area contributed by atoms with Crippen LogP contribution < -0.4 is 5.32 Å². The third kappa shape index (κ3) is 2.31. The molecule has 1 amide bonds. The molecule has 20 heavy (non-hydrogen) atoms. The van der Waals surface area contributed by atoms with E-state index in [2.05, 4.69) is 10.4 Å². The normalized spacial score (nSPS) is 14.3. The van der Waals surface area contributed by atoms with E-state index in [9.17, 15) is 9.18 Å². The van der Waals surface area contributed by atoms with E-state index < -0.39 is 0 Å². The van der Waals surface area contributed by atoms with Gasteiger partial charge in [0.15, 0.2) is 0 Å². The number of amides is 1. The molecule has 1 saturated carbocycles. The highest BCUT2D eigenvalue weighted by Gasteiger charge is 2.27. The molecule has 0 spiro atoms. The molecule has 0 bridgehead atoms. The summed E-state index contributed by atoms with van der Waals surface area (Å²) in [6.07, 6.45) is 2.09. The number of aryl methyl sites for hydroxylation is 1. The number of benzene rings is 1. The minimum atomic E-state index is -0.320. The summed E-state index contributed by atoms with van der Waals surface area (Å²) in [6.45, 7) is 3.62. The molecular weight excluding hydrogens is 257 g/mol. The number of nitrogens with zero attached hydrogens (tertiary/aromatic N) is 2.